The maximum atomic E-state index is 11.6. The van der Waals surface area contributed by atoms with Gasteiger partial charge in [0.1, 0.15) is 0 Å². The van der Waals surface area contributed by atoms with E-state index in [1.54, 1.807) is 0 Å². The quantitative estimate of drug-likeness (QED) is 0.711. The Hall–Kier alpha value is 0.0500. The molecule has 4 nitrogen and oxygen atoms in total. The van der Waals surface area contributed by atoms with Gasteiger partial charge in [0.2, 0.25) is 10.0 Å². The molecule has 1 heterocycles. The third-order valence-corrected chi connectivity index (χ3v) is 5.37. The summed E-state index contributed by atoms with van der Waals surface area (Å²) in [4.78, 5) is 0.995. The van der Waals surface area contributed by atoms with Gasteiger partial charge < -0.3 is 5.32 Å². The van der Waals surface area contributed by atoms with Gasteiger partial charge in [-0.05, 0) is 40.3 Å². The summed E-state index contributed by atoms with van der Waals surface area (Å²) in [5.74, 6) is 0.121. The molecule has 1 rings (SSSR count). The molecule has 98 valence electrons. The summed E-state index contributed by atoms with van der Waals surface area (Å²) in [7, 11) is -3.18. The van der Waals surface area contributed by atoms with Crippen LogP contribution in [0.4, 0.5) is 0 Å². The van der Waals surface area contributed by atoms with Crippen molar-refractivity contribution in [3.8, 4) is 0 Å². The van der Waals surface area contributed by atoms with Gasteiger partial charge in [0.15, 0.2) is 0 Å². The molecule has 7 heteroatoms. The van der Waals surface area contributed by atoms with Gasteiger partial charge in [-0.1, -0.05) is 6.92 Å². The highest BCUT2D eigenvalue weighted by Crippen LogP contribution is 2.22. The van der Waals surface area contributed by atoms with Crippen LogP contribution in [-0.2, 0) is 16.6 Å². The zero-order chi connectivity index (χ0) is 12.7. The lowest BCUT2D eigenvalue weighted by molar-refractivity contribution is 0.576. The Kier molecular flexibility index (Phi) is 6.65. The zero-order valence-electron chi connectivity index (χ0n) is 9.70. The van der Waals surface area contributed by atoms with Crippen LogP contribution in [0.3, 0.4) is 0 Å². The van der Waals surface area contributed by atoms with Crippen LogP contribution < -0.4 is 10.0 Å². The van der Waals surface area contributed by atoms with Gasteiger partial charge in [-0.2, -0.15) is 0 Å². The number of hydrogen-bond donors (Lipinski definition) is 2. The number of sulfonamides is 1. The average molecular weight is 341 g/mol. The van der Waals surface area contributed by atoms with E-state index in [4.69, 9.17) is 0 Å². The van der Waals surface area contributed by atoms with Gasteiger partial charge >= 0.3 is 0 Å². The summed E-state index contributed by atoms with van der Waals surface area (Å²) >= 11 is 4.90. The van der Waals surface area contributed by atoms with Crippen molar-refractivity contribution >= 4 is 37.3 Å². The molecule has 1 aromatic heterocycles. The third kappa shape index (κ3) is 5.96. The SMILES string of the molecule is CCCNCCS(=O)(=O)NCc1sccc1Br. The Bertz CT molecular complexity index is 431. The van der Waals surface area contributed by atoms with Crippen LogP contribution in [-0.4, -0.2) is 27.3 Å². The van der Waals surface area contributed by atoms with Crippen molar-refractivity contribution in [2.75, 3.05) is 18.8 Å². The lowest BCUT2D eigenvalue weighted by atomic mass is 10.5. The highest BCUT2D eigenvalue weighted by molar-refractivity contribution is 9.10. The number of hydrogen-bond acceptors (Lipinski definition) is 4. The molecule has 0 fully saturated rings. The standard InChI is InChI=1S/C10H17BrN2O2S2/c1-2-4-12-5-7-17(14,15)13-8-10-9(11)3-6-16-10/h3,6,12-13H,2,4-5,7-8H2,1H3. The fourth-order valence-electron chi connectivity index (χ4n) is 1.21. The Balaban J connectivity index is 2.32. The average Bonchev–Trinajstić information content (AvgIpc) is 2.68. The summed E-state index contributed by atoms with van der Waals surface area (Å²) in [5, 5.41) is 5.00. The molecule has 0 unspecified atom stereocenters. The molecule has 0 radical (unpaired) electrons. The highest BCUT2D eigenvalue weighted by Gasteiger charge is 2.10. The Morgan fingerprint density at radius 1 is 1.41 bits per heavy atom. The van der Waals surface area contributed by atoms with Gasteiger partial charge in [-0.25, -0.2) is 13.1 Å². The first-order chi connectivity index (χ1) is 8.05. The van der Waals surface area contributed by atoms with Crippen LogP contribution in [0, 0.1) is 0 Å². The Morgan fingerprint density at radius 2 is 2.18 bits per heavy atom. The second-order valence-electron chi connectivity index (χ2n) is 3.58. The van der Waals surface area contributed by atoms with Crippen molar-refractivity contribution in [2.24, 2.45) is 0 Å². The minimum absolute atomic E-state index is 0.121. The fourth-order valence-corrected chi connectivity index (χ4v) is 3.65. The zero-order valence-corrected chi connectivity index (χ0v) is 12.9. The first kappa shape index (κ1) is 15.1. The second kappa shape index (κ2) is 7.48. The number of halogens is 1. The lowest BCUT2D eigenvalue weighted by Gasteiger charge is -2.06. The largest absolute Gasteiger partial charge is 0.316 e. The maximum Gasteiger partial charge on any atom is 0.213 e. The highest BCUT2D eigenvalue weighted by atomic mass is 79.9. The Morgan fingerprint density at radius 3 is 2.76 bits per heavy atom. The predicted octanol–water partition coefficient (Wildman–Crippen LogP) is 1.93. The molecule has 0 spiro atoms. The van der Waals surface area contributed by atoms with Gasteiger partial charge in [0.05, 0.1) is 5.75 Å². The molecule has 0 atom stereocenters. The molecule has 2 N–H and O–H groups in total. The van der Waals surface area contributed by atoms with E-state index in [0.717, 1.165) is 22.3 Å². The molecule has 0 bridgehead atoms. The van der Waals surface area contributed by atoms with Crippen molar-refractivity contribution in [2.45, 2.75) is 19.9 Å². The van der Waals surface area contributed by atoms with Crippen molar-refractivity contribution < 1.29 is 8.42 Å². The number of thiophene rings is 1. The third-order valence-electron chi connectivity index (χ3n) is 2.12. The van der Waals surface area contributed by atoms with Crippen LogP contribution in [0.1, 0.15) is 18.2 Å². The van der Waals surface area contributed by atoms with Crippen LogP contribution >= 0.6 is 27.3 Å². The molecule has 0 aliphatic heterocycles. The molecule has 17 heavy (non-hydrogen) atoms. The first-order valence-corrected chi connectivity index (χ1v) is 8.77. The van der Waals surface area contributed by atoms with E-state index in [1.807, 2.05) is 18.4 Å². The van der Waals surface area contributed by atoms with Crippen molar-refractivity contribution in [1.29, 1.82) is 0 Å². The van der Waals surface area contributed by atoms with E-state index in [2.05, 4.69) is 26.0 Å². The molecule has 1 aromatic rings. The predicted molar refractivity (Wildman–Crippen MR) is 75.8 cm³/mol. The van der Waals surface area contributed by atoms with Crippen LogP contribution in [0.25, 0.3) is 0 Å². The van der Waals surface area contributed by atoms with E-state index >= 15 is 0 Å². The maximum absolute atomic E-state index is 11.6. The van der Waals surface area contributed by atoms with Crippen molar-refractivity contribution in [3.63, 3.8) is 0 Å². The number of nitrogens with one attached hydrogen (secondary N) is 2. The van der Waals surface area contributed by atoms with Crippen LogP contribution in [0.5, 0.6) is 0 Å². The van der Waals surface area contributed by atoms with Gasteiger partial charge in [0, 0.05) is 22.4 Å². The topological polar surface area (TPSA) is 58.2 Å². The summed E-state index contributed by atoms with van der Waals surface area (Å²) in [5.41, 5.74) is 0. The van der Waals surface area contributed by atoms with Crippen molar-refractivity contribution in [1.82, 2.24) is 10.0 Å². The molecule has 0 aliphatic carbocycles. The molecule has 0 aromatic carbocycles. The summed E-state index contributed by atoms with van der Waals surface area (Å²) < 4.78 is 26.8. The summed E-state index contributed by atoms with van der Waals surface area (Å²) in [6.07, 6.45) is 1.01. The summed E-state index contributed by atoms with van der Waals surface area (Å²) in [6, 6.07) is 1.91. The van der Waals surface area contributed by atoms with E-state index < -0.39 is 10.0 Å². The van der Waals surface area contributed by atoms with Gasteiger partial charge in [-0.3, -0.25) is 0 Å². The molecular weight excluding hydrogens is 324 g/mol. The first-order valence-electron chi connectivity index (χ1n) is 5.45. The van der Waals surface area contributed by atoms with Crippen molar-refractivity contribution in [3.05, 3.63) is 20.8 Å². The molecule has 0 amide bonds. The van der Waals surface area contributed by atoms with Gasteiger partial charge in [0.25, 0.3) is 0 Å². The van der Waals surface area contributed by atoms with E-state index in [0.29, 0.717) is 13.1 Å². The molecular formula is C10H17BrN2O2S2. The second-order valence-corrected chi connectivity index (χ2v) is 7.36. The number of rotatable bonds is 8. The molecule has 0 saturated carbocycles. The molecule has 0 saturated heterocycles. The fraction of sp³-hybridized carbons (Fsp3) is 0.600. The lowest BCUT2D eigenvalue weighted by Crippen LogP contribution is -2.31. The van der Waals surface area contributed by atoms with E-state index in [1.165, 1.54) is 11.3 Å². The van der Waals surface area contributed by atoms with E-state index in [-0.39, 0.29) is 5.75 Å². The smallest absolute Gasteiger partial charge is 0.213 e. The van der Waals surface area contributed by atoms with Gasteiger partial charge in [-0.15, -0.1) is 11.3 Å². The monoisotopic (exact) mass is 340 g/mol. The Labute approximate surface area is 115 Å². The minimum Gasteiger partial charge on any atom is -0.316 e. The molecule has 0 aliphatic rings. The summed E-state index contributed by atoms with van der Waals surface area (Å²) in [6.45, 7) is 3.75. The normalized spacial score (nSPS) is 11.9. The minimum atomic E-state index is -3.18. The van der Waals surface area contributed by atoms with E-state index in [9.17, 15) is 8.42 Å². The van der Waals surface area contributed by atoms with Crippen LogP contribution in [0.15, 0.2) is 15.9 Å². The van der Waals surface area contributed by atoms with Crippen LogP contribution in [0.2, 0.25) is 0 Å².